The first-order chi connectivity index (χ1) is 11.5. The summed E-state index contributed by atoms with van der Waals surface area (Å²) in [5.74, 6) is 0.531. The average Bonchev–Trinajstić information content (AvgIpc) is 2.53. The molecule has 0 unspecified atom stereocenters. The minimum Gasteiger partial charge on any atom is -0.481 e. The third kappa shape index (κ3) is 4.85. The number of carbonyl (C=O) groups excluding carboxylic acids is 1. The summed E-state index contributed by atoms with van der Waals surface area (Å²) in [4.78, 5) is 12.4. The monoisotopic (exact) mass is 322 g/mol. The Labute approximate surface area is 143 Å². The van der Waals surface area contributed by atoms with Gasteiger partial charge in [0, 0.05) is 5.69 Å². The van der Waals surface area contributed by atoms with E-state index in [2.05, 4.69) is 17.5 Å². The number of anilines is 1. The van der Waals surface area contributed by atoms with Crippen molar-refractivity contribution < 1.29 is 9.53 Å². The van der Waals surface area contributed by atoms with E-state index in [-0.39, 0.29) is 5.91 Å². The quantitative estimate of drug-likeness (QED) is 0.868. The topological polar surface area (TPSA) is 62.1 Å². The van der Waals surface area contributed by atoms with Crippen LogP contribution < -0.4 is 10.1 Å². The zero-order chi connectivity index (χ0) is 17.5. The number of aryl methyl sites for hydroxylation is 2. The molecule has 0 radical (unpaired) electrons. The van der Waals surface area contributed by atoms with E-state index in [0.717, 1.165) is 16.7 Å². The van der Waals surface area contributed by atoms with Gasteiger partial charge in [-0.25, -0.2) is 0 Å². The Morgan fingerprint density at radius 3 is 2.33 bits per heavy atom. The summed E-state index contributed by atoms with van der Waals surface area (Å²) in [5, 5.41) is 11.5. The molecule has 2 aromatic carbocycles. The largest absolute Gasteiger partial charge is 0.481 e. The normalized spacial score (nSPS) is 11.4. The lowest BCUT2D eigenvalue weighted by atomic mass is 10.1. The zero-order valence-corrected chi connectivity index (χ0v) is 14.3. The Balaban J connectivity index is 2.04. The van der Waals surface area contributed by atoms with Gasteiger partial charge in [0.25, 0.3) is 5.91 Å². The molecule has 0 aliphatic rings. The molecular weight excluding hydrogens is 300 g/mol. The predicted molar refractivity (Wildman–Crippen MR) is 95.0 cm³/mol. The Morgan fingerprint density at radius 1 is 1.17 bits per heavy atom. The molecule has 4 nitrogen and oxygen atoms in total. The van der Waals surface area contributed by atoms with E-state index in [1.165, 1.54) is 0 Å². The third-order valence-electron chi connectivity index (χ3n) is 3.64. The molecule has 2 rings (SSSR count). The minimum absolute atomic E-state index is 0.176. The van der Waals surface area contributed by atoms with Crippen molar-refractivity contribution in [1.82, 2.24) is 0 Å². The summed E-state index contributed by atoms with van der Waals surface area (Å²) in [7, 11) is 0. The molecule has 0 aliphatic heterocycles. The van der Waals surface area contributed by atoms with Gasteiger partial charge in [-0.3, -0.25) is 4.79 Å². The molecule has 0 bridgehead atoms. The molecule has 1 N–H and O–H groups in total. The van der Waals surface area contributed by atoms with Crippen molar-refractivity contribution in [1.29, 1.82) is 5.26 Å². The van der Waals surface area contributed by atoms with Crippen LogP contribution in [0.5, 0.6) is 5.75 Å². The number of hydrogen-bond acceptors (Lipinski definition) is 3. The van der Waals surface area contributed by atoms with E-state index in [1.807, 2.05) is 45.0 Å². The lowest BCUT2D eigenvalue weighted by Gasteiger charge is -2.18. The number of nitriles is 1. The first-order valence-corrected chi connectivity index (χ1v) is 8.03. The second-order valence-corrected chi connectivity index (χ2v) is 5.86. The lowest BCUT2D eigenvalue weighted by molar-refractivity contribution is -0.122. The number of carbonyl (C=O) groups is 1. The van der Waals surface area contributed by atoms with Crippen molar-refractivity contribution in [2.75, 3.05) is 5.32 Å². The highest BCUT2D eigenvalue weighted by Crippen LogP contribution is 2.19. The molecule has 0 fully saturated rings. The molecule has 4 heteroatoms. The molecule has 2 aromatic rings. The van der Waals surface area contributed by atoms with Gasteiger partial charge in [-0.1, -0.05) is 25.1 Å². The van der Waals surface area contributed by atoms with Crippen molar-refractivity contribution in [2.24, 2.45) is 0 Å². The number of hydrogen-bond donors (Lipinski definition) is 1. The molecule has 0 aliphatic carbocycles. The van der Waals surface area contributed by atoms with Crippen LogP contribution >= 0.6 is 0 Å². The van der Waals surface area contributed by atoms with E-state index in [0.29, 0.717) is 24.3 Å². The molecule has 0 heterocycles. The summed E-state index contributed by atoms with van der Waals surface area (Å²) < 4.78 is 5.87. The maximum atomic E-state index is 12.4. The van der Waals surface area contributed by atoms with E-state index in [9.17, 15) is 4.79 Å². The number of nitrogens with one attached hydrogen (secondary N) is 1. The van der Waals surface area contributed by atoms with Gasteiger partial charge in [-0.05, 0) is 61.2 Å². The van der Waals surface area contributed by atoms with Gasteiger partial charge in [0.15, 0.2) is 6.10 Å². The highest BCUT2D eigenvalue weighted by Gasteiger charge is 2.18. The summed E-state index contributed by atoms with van der Waals surface area (Å²) in [6, 6.07) is 15.3. The van der Waals surface area contributed by atoms with Gasteiger partial charge in [-0.2, -0.15) is 5.26 Å². The number of ether oxygens (including phenoxy) is 1. The lowest BCUT2D eigenvalue weighted by Crippen LogP contribution is -2.32. The molecule has 124 valence electrons. The van der Waals surface area contributed by atoms with Crippen LogP contribution in [0.3, 0.4) is 0 Å². The maximum absolute atomic E-state index is 12.4. The predicted octanol–water partition coefficient (Wildman–Crippen LogP) is 4.17. The Bertz CT molecular complexity index is 725. The Morgan fingerprint density at radius 2 is 1.79 bits per heavy atom. The third-order valence-corrected chi connectivity index (χ3v) is 3.64. The molecule has 24 heavy (non-hydrogen) atoms. The SMILES string of the molecule is CC[C@H](Oc1cc(C)cc(C)c1)C(=O)Nc1ccc(CC#N)cc1. The second kappa shape index (κ2) is 8.16. The van der Waals surface area contributed by atoms with E-state index < -0.39 is 6.10 Å². The van der Waals surface area contributed by atoms with Gasteiger partial charge < -0.3 is 10.1 Å². The van der Waals surface area contributed by atoms with Crippen LogP contribution in [-0.4, -0.2) is 12.0 Å². The van der Waals surface area contributed by atoms with Crippen LogP contribution in [0.2, 0.25) is 0 Å². The summed E-state index contributed by atoms with van der Waals surface area (Å²) >= 11 is 0. The zero-order valence-electron chi connectivity index (χ0n) is 14.3. The second-order valence-electron chi connectivity index (χ2n) is 5.86. The fraction of sp³-hybridized carbons (Fsp3) is 0.300. The molecule has 1 atom stereocenters. The summed E-state index contributed by atoms with van der Waals surface area (Å²) in [5.41, 5.74) is 3.83. The average molecular weight is 322 g/mol. The van der Waals surface area contributed by atoms with Crippen molar-refractivity contribution in [3.05, 3.63) is 59.2 Å². The van der Waals surface area contributed by atoms with E-state index >= 15 is 0 Å². The van der Waals surface area contributed by atoms with Crippen LogP contribution in [0.4, 0.5) is 5.69 Å². The molecule has 0 spiro atoms. The van der Waals surface area contributed by atoms with Crippen LogP contribution in [0.15, 0.2) is 42.5 Å². The van der Waals surface area contributed by atoms with E-state index in [4.69, 9.17) is 10.00 Å². The maximum Gasteiger partial charge on any atom is 0.265 e. The molecule has 1 amide bonds. The molecular formula is C20H22N2O2. The van der Waals surface area contributed by atoms with Gasteiger partial charge in [0.05, 0.1) is 12.5 Å². The Hall–Kier alpha value is -2.80. The number of nitrogens with zero attached hydrogens (tertiary/aromatic N) is 1. The van der Waals surface area contributed by atoms with E-state index in [1.54, 1.807) is 12.1 Å². The first-order valence-electron chi connectivity index (χ1n) is 8.03. The molecule has 0 saturated heterocycles. The van der Waals surface area contributed by atoms with Crippen molar-refractivity contribution in [3.63, 3.8) is 0 Å². The van der Waals surface area contributed by atoms with Crippen LogP contribution in [0, 0.1) is 25.2 Å². The smallest absolute Gasteiger partial charge is 0.265 e. The standard InChI is InChI=1S/C20H22N2O2/c1-4-19(24-18-12-14(2)11-15(3)13-18)20(23)22-17-7-5-16(6-8-17)9-10-21/h5-8,11-13,19H,4,9H2,1-3H3,(H,22,23)/t19-/m0/s1. The highest BCUT2D eigenvalue weighted by atomic mass is 16.5. The van der Waals surface area contributed by atoms with Gasteiger partial charge >= 0.3 is 0 Å². The Kier molecular flexibility index (Phi) is 5.97. The number of benzene rings is 2. The number of rotatable bonds is 6. The van der Waals surface area contributed by atoms with Crippen LogP contribution in [0.25, 0.3) is 0 Å². The number of amides is 1. The highest BCUT2D eigenvalue weighted by molar-refractivity contribution is 5.94. The van der Waals surface area contributed by atoms with Crippen molar-refractivity contribution in [2.45, 2.75) is 39.7 Å². The van der Waals surface area contributed by atoms with Gasteiger partial charge in [-0.15, -0.1) is 0 Å². The molecule has 0 aromatic heterocycles. The summed E-state index contributed by atoms with van der Waals surface area (Å²) in [6.45, 7) is 5.93. The summed E-state index contributed by atoms with van der Waals surface area (Å²) in [6.07, 6.45) is 0.387. The van der Waals surface area contributed by atoms with Gasteiger partial charge in [0.1, 0.15) is 5.75 Å². The molecule has 0 saturated carbocycles. The van der Waals surface area contributed by atoms with Gasteiger partial charge in [0.2, 0.25) is 0 Å². The minimum atomic E-state index is -0.551. The fourth-order valence-electron chi connectivity index (χ4n) is 2.51. The van der Waals surface area contributed by atoms with Crippen molar-refractivity contribution in [3.8, 4) is 11.8 Å². The van der Waals surface area contributed by atoms with Crippen LogP contribution in [0.1, 0.15) is 30.0 Å². The fourth-order valence-corrected chi connectivity index (χ4v) is 2.51. The first kappa shape index (κ1) is 17.6. The van der Waals surface area contributed by atoms with Crippen LogP contribution in [-0.2, 0) is 11.2 Å². The van der Waals surface area contributed by atoms with Crippen molar-refractivity contribution >= 4 is 11.6 Å².